The number of nitrogens with zero attached hydrogens (tertiary/aromatic N) is 2. The molecule has 3 rings (SSSR count). The summed E-state index contributed by atoms with van der Waals surface area (Å²) in [5.74, 6) is -5.20. The average molecular weight is 743 g/mol. The number of amides is 5. The van der Waals surface area contributed by atoms with Crippen LogP contribution in [0, 0.1) is 11.8 Å². The second-order valence-corrected chi connectivity index (χ2v) is 13.5. The molecule has 0 aromatic carbocycles. The van der Waals surface area contributed by atoms with Crippen molar-refractivity contribution in [2.45, 2.75) is 103 Å². The Morgan fingerprint density at radius 3 is 2.30 bits per heavy atom. The minimum atomic E-state index is -1.18. The van der Waals surface area contributed by atoms with Crippen LogP contribution in [0.1, 0.15) is 89.0 Å². The van der Waals surface area contributed by atoms with Crippen molar-refractivity contribution in [2.24, 2.45) is 11.8 Å². The maximum atomic E-state index is 14.4. The first-order valence-corrected chi connectivity index (χ1v) is 18.3. The number of methoxy groups -OCH3 is 2. The summed E-state index contributed by atoms with van der Waals surface area (Å²) in [6.07, 6.45) is 6.92. The molecule has 1 aliphatic heterocycles. The van der Waals surface area contributed by atoms with Gasteiger partial charge in [-0.25, -0.2) is 4.98 Å². The van der Waals surface area contributed by atoms with Crippen LogP contribution in [0.4, 0.5) is 0 Å². The number of nitrogens with one attached hydrogen (secondary N) is 4. The highest BCUT2D eigenvalue weighted by Gasteiger charge is 2.42. The van der Waals surface area contributed by atoms with E-state index in [1.54, 1.807) is 26.8 Å². The summed E-state index contributed by atoms with van der Waals surface area (Å²) in [6.45, 7) is 8.43. The highest BCUT2D eigenvalue weighted by atomic mass is 16.5. The van der Waals surface area contributed by atoms with Crippen molar-refractivity contribution < 1.29 is 47.8 Å². The van der Waals surface area contributed by atoms with Gasteiger partial charge in [-0.05, 0) is 50.0 Å². The van der Waals surface area contributed by atoms with Crippen molar-refractivity contribution in [3.05, 3.63) is 30.5 Å². The van der Waals surface area contributed by atoms with E-state index >= 15 is 0 Å². The number of carbonyl (C=O) groups is 7. The number of hydrogen-bond donors (Lipinski definition) is 4. The Bertz CT molecular complexity index is 1490. The molecule has 1 saturated carbocycles. The Morgan fingerprint density at radius 2 is 1.68 bits per heavy atom. The molecule has 2 aliphatic rings. The maximum absolute atomic E-state index is 14.4. The van der Waals surface area contributed by atoms with Gasteiger partial charge in [0.1, 0.15) is 37.0 Å². The van der Waals surface area contributed by atoms with Crippen molar-refractivity contribution in [3.8, 4) is 11.6 Å². The summed E-state index contributed by atoms with van der Waals surface area (Å²) < 4.78 is 15.3. The zero-order chi connectivity index (χ0) is 39.1. The van der Waals surface area contributed by atoms with Crippen molar-refractivity contribution in [2.75, 3.05) is 33.9 Å². The van der Waals surface area contributed by atoms with E-state index in [1.807, 2.05) is 0 Å². The number of esters is 1. The number of pyridine rings is 1. The van der Waals surface area contributed by atoms with E-state index in [0.29, 0.717) is 32.1 Å². The first-order valence-electron chi connectivity index (χ1n) is 18.3. The molecule has 0 bridgehead atoms. The van der Waals surface area contributed by atoms with Gasteiger partial charge in [0.2, 0.25) is 29.4 Å². The molecule has 1 saturated heterocycles. The number of rotatable bonds is 19. The average Bonchev–Trinajstić information content (AvgIpc) is 3.66. The van der Waals surface area contributed by atoms with Crippen molar-refractivity contribution in [1.82, 2.24) is 31.2 Å². The normalized spacial score (nSPS) is 17.5. The number of ketones is 1. The zero-order valence-electron chi connectivity index (χ0n) is 31.4. The first-order chi connectivity index (χ1) is 25.4. The monoisotopic (exact) mass is 742 g/mol. The van der Waals surface area contributed by atoms with E-state index in [-0.39, 0.29) is 48.7 Å². The summed E-state index contributed by atoms with van der Waals surface area (Å²) in [5, 5.41) is 10.6. The Kier molecular flexibility index (Phi) is 16.7. The summed E-state index contributed by atoms with van der Waals surface area (Å²) in [7, 11) is 2.80. The molecule has 2 heterocycles. The molecule has 1 unspecified atom stereocenters. The number of Topliss-reactive ketones (excluding diaryl/α,β-unsaturated/α-hetero) is 1. The number of hydrogen-bond acceptors (Lipinski definition) is 11. The molecule has 0 radical (unpaired) electrons. The largest absolute Gasteiger partial charge is 0.494 e. The minimum Gasteiger partial charge on any atom is -0.494 e. The van der Waals surface area contributed by atoms with Gasteiger partial charge >= 0.3 is 5.97 Å². The summed E-state index contributed by atoms with van der Waals surface area (Å²) in [4.78, 5) is 98.5. The van der Waals surface area contributed by atoms with Crippen LogP contribution in [0.25, 0.3) is 0 Å². The first kappa shape index (κ1) is 42.4. The van der Waals surface area contributed by atoms with Gasteiger partial charge in [-0.15, -0.1) is 0 Å². The molecule has 1 aromatic heterocycles. The summed E-state index contributed by atoms with van der Waals surface area (Å²) >= 11 is 0. The number of aromatic nitrogens is 1. The molecule has 4 atom stereocenters. The fraction of sp³-hybridized carbons (Fsp3) is 0.622. The summed E-state index contributed by atoms with van der Waals surface area (Å²) in [5.41, 5.74) is -0.0699. The SMILES string of the molecule is C=CCOC(=O)CNC(=O)C(=O)C(CCC)NC(=O)[C@@H]1CCCN1C(=O)[C@@H](NC(=O)[C@@H](NC(=O)c1nc(OC)ccc1OC)C(C)C)C1CCCCC1. The van der Waals surface area contributed by atoms with E-state index in [4.69, 9.17) is 14.2 Å². The number of carbonyl (C=O) groups excluding carboxylic acids is 7. The van der Waals surface area contributed by atoms with Crippen LogP contribution in [0.15, 0.2) is 24.8 Å². The molecule has 1 aromatic rings. The molecular weight excluding hydrogens is 688 g/mol. The van der Waals surface area contributed by atoms with Crippen LogP contribution in [-0.2, 0) is 33.5 Å². The van der Waals surface area contributed by atoms with E-state index in [2.05, 4.69) is 32.8 Å². The molecule has 16 nitrogen and oxygen atoms in total. The van der Waals surface area contributed by atoms with Crippen LogP contribution in [0.2, 0.25) is 0 Å². The summed E-state index contributed by atoms with van der Waals surface area (Å²) in [6, 6.07) is -1.07. The lowest BCUT2D eigenvalue weighted by Crippen LogP contribution is -2.60. The third-order valence-corrected chi connectivity index (χ3v) is 9.43. The highest BCUT2D eigenvalue weighted by molar-refractivity contribution is 6.38. The Labute approximate surface area is 310 Å². The second kappa shape index (κ2) is 20.9. The predicted octanol–water partition coefficient (Wildman–Crippen LogP) is 1.61. The molecule has 4 N–H and O–H groups in total. The van der Waals surface area contributed by atoms with Gasteiger partial charge in [-0.1, -0.05) is 59.1 Å². The lowest BCUT2D eigenvalue weighted by atomic mass is 9.83. The number of likely N-dealkylation sites (tertiary alicyclic amines) is 1. The zero-order valence-corrected chi connectivity index (χ0v) is 31.4. The Morgan fingerprint density at radius 1 is 0.962 bits per heavy atom. The van der Waals surface area contributed by atoms with Gasteiger partial charge < -0.3 is 40.4 Å². The van der Waals surface area contributed by atoms with Crippen LogP contribution < -0.4 is 30.7 Å². The third kappa shape index (κ3) is 11.7. The molecule has 2 fully saturated rings. The molecule has 1 aliphatic carbocycles. The van der Waals surface area contributed by atoms with Crippen LogP contribution >= 0.6 is 0 Å². The fourth-order valence-electron chi connectivity index (χ4n) is 6.61. The van der Waals surface area contributed by atoms with Gasteiger partial charge in [0.25, 0.3) is 11.8 Å². The minimum absolute atomic E-state index is 0.0500. The lowest BCUT2D eigenvalue weighted by Gasteiger charge is -2.36. The second-order valence-electron chi connectivity index (χ2n) is 13.5. The molecule has 16 heteroatoms. The smallest absolute Gasteiger partial charge is 0.325 e. The van der Waals surface area contributed by atoms with Crippen molar-refractivity contribution >= 4 is 41.3 Å². The van der Waals surface area contributed by atoms with Gasteiger partial charge in [-0.2, -0.15) is 0 Å². The number of ether oxygens (including phenoxy) is 3. The van der Waals surface area contributed by atoms with Crippen LogP contribution in [0.3, 0.4) is 0 Å². The van der Waals surface area contributed by atoms with E-state index in [9.17, 15) is 33.6 Å². The highest BCUT2D eigenvalue weighted by Crippen LogP contribution is 2.30. The van der Waals surface area contributed by atoms with E-state index in [1.165, 1.54) is 31.3 Å². The van der Waals surface area contributed by atoms with Crippen molar-refractivity contribution in [1.29, 1.82) is 0 Å². The van der Waals surface area contributed by atoms with E-state index < -0.39 is 72.0 Å². The molecule has 5 amide bonds. The third-order valence-electron chi connectivity index (χ3n) is 9.43. The van der Waals surface area contributed by atoms with Gasteiger partial charge in [0, 0.05) is 12.6 Å². The Hall–Kier alpha value is -5.02. The standard InChI is InChI=1S/C37H54N6O10/c1-7-13-24(32(45)36(49)38-21-28(44)53-20-8-2)39-33(46)25-16-12-19-43(25)37(50)30(23-14-10-9-11-15-23)42-34(47)29(22(3)4)41-35(48)31-26(51-5)17-18-27(40-31)52-6/h8,17-18,22-25,29-30H,2,7,9-16,19-21H2,1,3-6H3,(H,38,49)(H,39,46)(H,41,48)(H,42,47)/t24?,25-,29-,30-/m0/s1. The van der Waals surface area contributed by atoms with Crippen LogP contribution in [-0.4, -0.2) is 109 Å². The lowest BCUT2D eigenvalue weighted by molar-refractivity contribution is -0.146. The van der Waals surface area contributed by atoms with Gasteiger partial charge in [0.15, 0.2) is 5.69 Å². The van der Waals surface area contributed by atoms with Gasteiger partial charge in [0.05, 0.1) is 20.3 Å². The molecular formula is C37H54N6O10. The van der Waals surface area contributed by atoms with Crippen LogP contribution in [0.5, 0.6) is 11.6 Å². The molecule has 53 heavy (non-hydrogen) atoms. The molecule has 0 spiro atoms. The maximum Gasteiger partial charge on any atom is 0.325 e. The van der Waals surface area contributed by atoms with Gasteiger partial charge in [-0.3, -0.25) is 33.6 Å². The fourth-order valence-corrected chi connectivity index (χ4v) is 6.61. The van der Waals surface area contributed by atoms with Crippen molar-refractivity contribution in [3.63, 3.8) is 0 Å². The van der Waals surface area contributed by atoms with E-state index in [0.717, 1.165) is 19.3 Å². The Balaban J connectivity index is 1.78. The quantitative estimate of drug-likeness (QED) is 0.0909. The predicted molar refractivity (Wildman–Crippen MR) is 193 cm³/mol. The molecule has 292 valence electrons. The topological polar surface area (TPSA) is 211 Å².